The molecule has 0 atom stereocenters. The highest BCUT2D eigenvalue weighted by molar-refractivity contribution is 5.81. The van der Waals surface area contributed by atoms with E-state index in [1.54, 1.807) is 12.1 Å². The number of nitrogens with one attached hydrogen (secondary N) is 1. The third-order valence-corrected chi connectivity index (χ3v) is 2.15. The Hall–Kier alpha value is -1.58. The van der Waals surface area contributed by atoms with Gasteiger partial charge in [0.2, 0.25) is 5.91 Å². The summed E-state index contributed by atoms with van der Waals surface area (Å²) in [7, 11) is 0. The Morgan fingerprint density at radius 3 is 2.41 bits per heavy atom. The second kappa shape index (κ2) is 5.66. The van der Waals surface area contributed by atoms with Crippen LogP contribution in [0.25, 0.3) is 0 Å². The molecule has 1 N–H and O–H groups in total. The molecule has 0 spiro atoms. The first kappa shape index (κ1) is 13.5. The van der Waals surface area contributed by atoms with Crippen LogP contribution < -0.4 is 10.1 Å². The lowest BCUT2D eigenvalue weighted by atomic mass is 9.96. The summed E-state index contributed by atoms with van der Waals surface area (Å²) in [5.41, 5.74) is -0.393. The second-order valence-electron chi connectivity index (χ2n) is 4.81. The first-order valence-electron chi connectivity index (χ1n) is 5.56. The summed E-state index contributed by atoms with van der Waals surface area (Å²) in [5.74, 6) is 0.287. The lowest BCUT2D eigenvalue weighted by Crippen LogP contribution is -2.37. The first-order valence-corrected chi connectivity index (χ1v) is 5.56. The molecule has 3 nitrogen and oxygen atoms in total. The molecule has 0 bridgehead atoms. The highest BCUT2D eigenvalue weighted by Crippen LogP contribution is 2.12. The maximum Gasteiger partial charge on any atom is 0.225 e. The van der Waals surface area contributed by atoms with Gasteiger partial charge in [0.05, 0.1) is 6.54 Å². The van der Waals surface area contributed by atoms with Gasteiger partial charge < -0.3 is 10.1 Å². The van der Waals surface area contributed by atoms with Crippen LogP contribution in [-0.2, 0) is 4.79 Å². The predicted molar refractivity (Wildman–Crippen MR) is 64.4 cm³/mol. The fraction of sp³-hybridized carbons (Fsp3) is 0.462. The number of carbonyl (C=O) groups is 1. The topological polar surface area (TPSA) is 38.3 Å². The summed E-state index contributed by atoms with van der Waals surface area (Å²) in [6.07, 6.45) is 0. The Labute approximate surface area is 101 Å². The number of hydrogen-bond acceptors (Lipinski definition) is 2. The molecule has 0 unspecified atom stereocenters. The van der Waals surface area contributed by atoms with Gasteiger partial charge in [-0.05, 0) is 24.3 Å². The van der Waals surface area contributed by atoms with Crippen molar-refractivity contribution in [1.82, 2.24) is 5.32 Å². The fourth-order valence-electron chi connectivity index (χ4n) is 1.13. The van der Waals surface area contributed by atoms with Crippen molar-refractivity contribution < 1.29 is 13.9 Å². The third kappa shape index (κ3) is 4.85. The van der Waals surface area contributed by atoms with Gasteiger partial charge in [-0.1, -0.05) is 20.8 Å². The number of carbonyl (C=O) groups excluding carboxylic acids is 1. The third-order valence-electron chi connectivity index (χ3n) is 2.15. The van der Waals surface area contributed by atoms with Gasteiger partial charge in [0.25, 0.3) is 0 Å². The van der Waals surface area contributed by atoms with Crippen LogP contribution in [0.3, 0.4) is 0 Å². The summed E-state index contributed by atoms with van der Waals surface area (Å²) < 4.78 is 17.9. The Morgan fingerprint density at radius 2 is 1.88 bits per heavy atom. The average Bonchev–Trinajstić information content (AvgIpc) is 2.25. The standard InChI is InChI=1S/C13H18FNO2/c1-13(2,3)12(16)15-8-9-17-11-6-4-10(14)5-7-11/h4-7H,8-9H2,1-3H3,(H,15,16). The molecule has 1 aromatic rings. The van der Waals surface area contributed by atoms with Gasteiger partial charge in [-0.2, -0.15) is 0 Å². The van der Waals surface area contributed by atoms with Crippen molar-refractivity contribution in [1.29, 1.82) is 0 Å². The summed E-state index contributed by atoms with van der Waals surface area (Å²) in [4.78, 5) is 11.5. The molecule has 0 aliphatic heterocycles. The van der Waals surface area contributed by atoms with E-state index in [0.29, 0.717) is 18.9 Å². The highest BCUT2D eigenvalue weighted by Gasteiger charge is 2.20. The van der Waals surface area contributed by atoms with Gasteiger partial charge >= 0.3 is 0 Å². The molecule has 0 heterocycles. The monoisotopic (exact) mass is 239 g/mol. The molecule has 0 aromatic heterocycles. The van der Waals surface area contributed by atoms with Gasteiger partial charge in [0, 0.05) is 5.41 Å². The van der Waals surface area contributed by atoms with E-state index in [4.69, 9.17) is 4.74 Å². The van der Waals surface area contributed by atoms with Crippen molar-refractivity contribution in [3.8, 4) is 5.75 Å². The Morgan fingerprint density at radius 1 is 1.29 bits per heavy atom. The van der Waals surface area contributed by atoms with Crippen molar-refractivity contribution in [3.05, 3.63) is 30.1 Å². The van der Waals surface area contributed by atoms with Crippen LogP contribution in [0.4, 0.5) is 4.39 Å². The molecular weight excluding hydrogens is 221 g/mol. The summed E-state index contributed by atoms with van der Waals surface area (Å²) in [5, 5.41) is 2.77. The minimum atomic E-state index is -0.393. The molecular formula is C13H18FNO2. The highest BCUT2D eigenvalue weighted by atomic mass is 19.1. The quantitative estimate of drug-likeness (QED) is 0.819. The summed E-state index contributed by atoms with van der Waals surface area (Å²) >= 11 is 0. The predicted octanol–water partition coefficient (Wildman–Crippen LogP) is 2.37. The van der Waals surface area contributed by atoms with Gasteiger partial charge in [0.15, 0.2) is 0 Å². The molecule has 4 heteroatoms. The maximum atomic E-state index is 12.6. The summed E-state index contributed by atoms with van der Waals surface area (Å²) in [6.45, 7) is 6.36. The number of halogens is 1. The van der Waals surface area contributed by atoms with Crippen LogP contribution >= 0.6 is 0 Å². The molecule has 1 amide bonds. The van der Waals surface area contributed by atoms with Gasteiger partial charge in [-0.25, -0.2) is 4.39 Å². The Kier molecular flexibility index (Phi) is 4.49. The van der Waals surface area contributed by atoms with E-state index < -0.39 is 5.41 Å². The van der Waals surface area contributed by atoms with E-state index in [1.807, 2.05) is 20.8 Å². The largest absolute Gasteiger partial charge is 0.492 e. The summed E-state index contributed by atoms with van der Waals surface area (Å²) in [6, 6.07) is 5.79. The normalized spacial score (nSPS) is 11.1. The molecule has 94 valence electrons. The zero-order valence-corrected chi connectivity index (χ0v) is 10.4. The van der Waals surface area contributed by atoms with E-state index in [9.17, 15) is 9.18 Å². The molecule has 17 heavy (non-hydrogen) atoms. The zero-order chi connectivity index (χ0) is 12.9. The van der Waals surface area contributed by atoms with Gasteiger partial charge in [0.1, 0.15) is 18.2 Å². The molecule has 0 aliphatic rings. The minimum Gasteiger partial charge on any atom is -0.492 e. The number of rotatable bonds is 4. The van der Waals surface area contributed by atoms with E-state index in [1.165, 1.54) is 12.1 Å². The second-order valence-corrected chi connectivity index (χ2v) is 4.81. The van der Waals surface area contributed by atoms with Gasteiger partial charge in [-0.3, -0.25) is 4.79 Å². The van der Waals surface area contributed by atoms with Crippen LogP contribution in [-0.4, -0.2) is 19.1 Å². The van der Waals surface area contributed by atoms with Crippen molar-refractivity contribution in [2.24, 2.45) is 5.41 Å². The molecule has 0 radical (unpaired) electrons. The van der Waals surface area contributed by atoms with Crippen molar-refractivity contribution in [2.75, 3.05) is 13.2 Å². The Balaban J connectivity index is 2.25. The van der Waals surface area contributed by atoms with Crippen LogP contribution in [0.2, 0.25) is 0 Å². The van der Waals surface area contributed by atoms with Crippen LogP contribution in [0.15, 0.2) is 24.3 Å². The minimum absolute atomic E-state index is 0.0137. The SMILES string of the molecule is CC(C)(C)C(=O)NCCOc1ccc(F)cc1. The lowest BCUT2D eigenvalue weighted by Gasteiger charge is -2.17. The maximum absolute atomic E-state index is 12.6. The van der Waals surface area contributed by atoms with E-state index in [-0.39, 0.29) is 11.7 Å². The fourth-order valence-corrected chi connectivity index (χ4v) is 1.13. The average molecular weight is 239 g/mol. The van der Waals surface area contributed by atoms with Crippen molar-refractivity contribution >= 4 is 5.91 Å². The van der Waals surface area contributed by atoms with Crippen molar-refractivity contribution in [3.63, 3.8) is 0 Å². The number of benzene rings is 1. The first-order chi connectivity index (χ1) is 7.89. The number of ether oxygens (including phenoxy) is 1. The number of hydrogen-bond donors (Lipinski definition) is 1. The molecule has 0 saturated carbocycles. The molecule has 0 fully saturated rings. The van der Waals surface area contributed by atoms with Gasteiger partial charge in [-0.15, -0.1) is 0 Å². The van der Waals surface area contributed by atoms with E-state index in [0.717, 1.165) is 0 Å². The van der Waals surface area contributed by atoms with Crippen LogP contribution in [0, 0.1) is 11.2 Å². The molecule has 1 rings (SSSR count). The molecule has 0 saturated heterocycles. The van der Waals surface area contributed by atoms with Crippen LogP contribution in [0.5, 0.6) is 5.75 Å². The van der Waals surface area contributed by atoms with E-state index >= 15 is 0 Å². The smallest absolute Gasteiger partial charge is 0.225 e. The zero-order valence-electron chi connectivity index (χ0n) is 10.4. The van der Waals surface area contributed by atoms with Crippen LogP contribution in [0.1, 0.15) is 20.8 Å². The molecule has 0 aliphatic carbocycles. The van der Waals surface area contributed by atoms with Crippen molar-refractivity contribution in [2.45, 2.75) is 20.8 Å². The van der Waals surface area contributed by atoms with E-state index in [2.05, 4.69) is 5.32 Å². The lowest BCUT2D eigenvalue weighted by molar-refractivity contribution is -0.128. The molecule has 1 aromatic carbocycles. The Bertz CT molecular complexity index is 368. The number of amides is 1.